The van der Waals surface area contributed by atoms with Crippen LogP contribution in [0, 0.1) is 0 Å². The van der Waals surface area contributed by atoms with Crippen molar-refractivity contribution in [2.45, 2.75) is 51.5 Å². The van der Waals surface area contributed by atoms with Gasteiger partial charge in [-0.25, -0.2) is 0 Å². The Morgan fingerprint density at radius 2 is 2.19 bits per heavy atom. The minimum atomic E-state index is 0.0667. The lowest BCUT2D eigenvalue weighted by atomic mass is 9.98. The van der Waals surface area contributed by atoms with Gasteiger partial charge in [0.05, 0.1) is 15.9 Å². The number of fused-ring (bicyclic) bond motifs is 1. The van der Waals surface area contributed by atoms with Crippen LogP contribution in [0.3, 0.4) is 0 Å². The second kappa shape index (κ2) is 6.23. The monoisotopic (exact) mass is 367 g/mol. The predicted molar refractivity (Wildman–Crippen MR) is 91.9 cm³/mol. The molecule has 5 heteroatoms. The van der Waals surface area contributed by atoms with Gasteiger partial charge in [0.2, 0.25) is 0 Å². The number of nitrogens with two attached hydrogens (primary N) is 1. The summed E-state index contributed by atoms with van der Waals surface area (Å²) < 4.78 is 3.10. The Morgan fingerprint density at radius 1 is 1.43 bits per heavy atom. The van der Waals surface area contributed by atoms with Crippen molar-refractivity contribution in [2.75, 3.05) is 0 Å². The van der Waals surface area contributed by atoms with E-state index < -0.39 is 0 Å². The summed E-state index contributed by atoms with van der Waals surface area (Å²) in [4.78, 5) is 2.89. The van der Waals surface area contributed by atoms with Gasteiger partial charge < -0.3 is 5.73 Å². The molecule has 2 aromatic rings. The number of aromatic nitrogens is 2. The third-order valence-corrected chi connectivity index (χ3v) is 6.58. The van der Waals surface area contributed by atoms with Gasteiger partial charge in [0.15, 0.2) is 0 Å². The maximum Gasteiger partial charge on any atom is 0.0766 e. The van der Waals surface area contributed by atoms with Crippen LogP contribution in [0.4, 0.5) is 0 Å². The van der Waals surface area contributed by atoms with Crippen LogP contribution in [-0.4, -0.2) is 9.78 Å². The van der Waals surface area contributed by atoms with Crippen molar-refractivity contribution in [3.8, 4) is 0 Å². The van der Waals surface area contributed by atoms with E-state index in [0.717, 1.165) is 23.0 Å². The molecule has 1 aliphatic rings. The molecule has 0 fully saturated rings. The molecule has 0 radical (unpaired) electrons. The van der Waals surface area contributed by atoms with Crippen LogP contribution < -0.4 is 5.73 Å². The zero-order valence-electron chi connectivity index (χ0n) is 12.7. The zero-order chi connectivity index (χ0) is 15.0. The third-order valence-electron chi connectivity index (χ3n) is 4.30. The van der Waals surface area contributed by atoms with Gasteiger partial charge in [0.25, 0.3) is 0 Å². The summed E-state index contributed by atoms with van der Waals surface area (Å²) in [6, 6.07) is 2.41. The Labute approximate surface area is 138 Å². The van der Waals surface area contributed by atoms with Gasteiger partial charge in [-0.15, -0.1) is 11.3 Å². The first-order chi connectivity index (χ1) is 10.1. The number of rotatable bonds is 4. The second-order valence-corrected chi connectivity index (χ2v) is 7.76. The van der Waals surface area contributed by atoms with Crippen molar-refractivity contribution in [3.63, 3.8) is 0 Å². The molecule has 0 aromatic carbocycles. The summed E-state index contributed by atoms with van der Waals surface area (Å²) in [5.74, 6) is 0. The average molecular weight is 368 g/mol. The van der Waals surface area contributed by atoms with Crippen LogP contribution in [0.1, 0.15) is 52.5 Å². The first kappa shape index (κ1) is 15.3. The Balaban J connectivity index is 1.81. The molecule has 2 heterocycles. The largest absolute Gasteiger partial charge is 0.323 e. The third kappa shape index (κ3) is 2.96. The number of nitrogens with zero attached hydrogens (tertiary/aromatic N) is 2. The van der Waals surface area contributed by atoms with E-state index in [4.69, 9.17) is 5.73 Å². The normalized spacial score (nSPS) is 16.0. The van der Waals surface area contributed by atoms with E-state index in [9.17, 15) is 0 Å². The lowest BCUT2D eigenvalue weighted by Gasteiger charge is -2.10. The standard InChI is InChI=1S/C16H22BrN3S/c1-3-12-16(17)13(20(2)19-12)9-11(18)15-8-10-6-4-5-7-14(10)21-15/h8,11H,3-7,9,18H2,1-2H3. The Morgan fingerprint density at radius 3 is 2.86 bits per heavy atom. The molecule has 0 saturated heterocycles. The summed E-state index contributed by atoms with van der Waals surface area (Å²) >= 11 is 5.60. The smallest absolute Gasteiger partial charge is 0.0766 e. The summed E-state index contributed by atoms with van der Waals surface area (Å²) in [6.07, 6.45) is 6.90. The zero-order valence-corrected chi connectivity index (χ0v) is 15.1. The maximum atomic E-state index is 6.48. The SMILES string of the molecule is CCc1nn(C)c(CC(N)c2cc3c(s2)CCCC3)c1Br. The highest BCUT2D eigenvalue weighted by atomic mass is 79.9. The van der Waals surface area contributed by atoms with Gasteiger partial charge in [0, 0.05) is 29.3 Å². The van der Waals surface area contributed by atoms with Gasteiger partial charge in [0.1, 0.15) is 0 Å². The Hall–Kier alpha value is -0.650. The van der Waals surface area contributed by atoms with E-state index in [1.54, 1.807) is 4.88 Å². The van der Waals surface area contributed by atoms with Gasteiger partial charge in [-0.1, -0.05) is 6.92 Å². The van der Waals surface area contributed by atoms with Crippen molar-refractivity contribution < 1.29 is 0 Å². The van der Waals surface area contributed by atoms with E-state index in [1.807, 2.05) is 23.1 Å². The second-order valence-electron chi connectivity index (χ2n) is 5.80. The highest BCUT2D eigenvalue weighted by molar-refractivity contribution is 9.10. The van der Waals surface area contributed by atoms with Crippen molar-refractivity contribution in [3.05, 3.63) is 37.2 Å². The van der Waals surface area contributed by atoms with Crippen molar-refractivity contribution >= 4 is 27.3 Å². The highest BCUT2D eigenvalue weighted by Gasteiger charge is 2.20. The molecule has 0 spiro atoms. The number of hydrogen-bond donors (Lipinski definition) is 1. The molecule has 1 aliphatic carbocycles. The van der Waals surface area contributed by atoms with Crippen LogP contribution in [0.15, 0.2) is 10.5 Å². The molecule has 1 atom stereocenters. The molecule has 2 aromatic heterocycles. The van der Waals surface area contributed by atoms with Crippen molar-refractivity contribution in [1.29, 1.82) is 0 Å². The van der Waals surface area contributed by atoms with Crippen LogP contribution >= 0.6 is 27.3 Å². The molecule has 0 aliphatic heterocycles. The van der Waals surface area contributed by atoms with E-state index in [-0.39, 0.29) is 6.04 Å². The van der Waals surface area contributed by atoms with Gasteiger partial charge in [-0.3, -0.25) is 4.68 Å². The molecule has 1 unspecified atom stereocenters. The molecule has 0 bridgehead atoms. The summed E-state index contributed by atoms with van der Waals surface area (Å²) in [6.45, 7) is 2.13. The number of halogens is 1. The van der Waals surface area contributed by atoms with Gasteiger partial charge in [-0.2, -0.15) is 5.10 Å². The van der Waals surface area contributed by atoms with E-state index in [0.29, 0.717) is 0 Å². The molecule has 21 heavy (non-hydrogen) atoms. The van der Waals surface area contributed by atoms with Crippen LogP contribution in [0.25, 0.3) is 0 Å². The maximum absolute atomic E-state index is 6.48. The first-order valence-electron chi connectivity index (χ1n) is 7.67. The Kier molecular flexibility index (Phi) is 4.52. The fourth-order valence-corrected chi connectivity index (χ4v) is 5.08. The Bertz CT molecular complexity index is 621. The minimum absolute atomic E-state index is 0.0667. The molecule has 3 nitrogen and oxygen atoms in total. The van der Waals surface area contributed by atoms with Gasteiger partial charge in [-0.05, 0) is 59.7 Å². The lowest BCUT2D eigenvalue weighted by Crippen LogP contribution is -2.14. The van der Waals surface area contributed by atoms with Crippen molar-refractivity contribution in [1.82, 2.24) is 9.78 Å². The fraction of sp³-hybridized carbons (Fsp3) is 0.562. The van der Waals surface area contributed by atoms with E-state index >= 15 is 0 Å². The molecular formula is C16H22BrN3S. The summed E-state index contributed by atoms with van der Waals surface area (Å²) in [5, 5.41) is 4.56. The predicted octanol–water partition coefficient (Wildman–Crippen LogP) is 3.93. The molecule has 0 saturated carbocycles. The van der Waals surface area contributed by atoms with Gasteiger partial charge >= 0.3 is 0 Å². The highest BCUT2D eigenvalue weighted by Crippen LogP contribution is 2.34. The molecule has 2 N–H and O–H groups in total. The lowest BCUT2D eigenvalue weighted by molar-refractivity contribution is 0.642. The van der Waals surface area contributed by atoms with Crippen LogP contribution in [-0.2, 0) is 32.7 Å². The fourth-order valence-electron chi connectivity index (χ4n) is 3.05. The van der Waals surface area contributed by atoms with E-state index in [1.165, 1.54) is 41.8 Å². The number of hydrogen-bond acceptors (Lipinski definition) is 3. The van der Waals surface area contributed by atoms with Crippen LogP contribution in [0.2, 0.25) is 0 Å². The first-order valence-corrected chi connectivity index (χ1v) is 9.28. The van der Waals surface area contributed by atoms with Crippen LogP contribution in [0.5, 0.6) is 0 Å². The van der Waals surface area contributed by atoms with Crippen molar-refractivity contribution in [2.24, 2.45) is 12.8 Å². The molecule has 3 rings (SSSR count). The van der Waals surface area contributed by atoms with E-state index in [2.05, 4.69) is 34.0 Å². The molecule has 0 amide bonds. The molecule has 114 valence electrons. The number of thiophene rings is 1. The quantitative estimate of drug-likeness (QED) is 0.889. The summed E-state index contributed by atoms with van der Waals surface area (Å²) in [7, 11) is 2.01. The average Bonchev–Trinajstić information content (AvgIpc) is 3.03. The summed E-state index contributed by atoms with van der Waals surface area (Å²) in [5.41, 5.74) is 10.3. The number of aryl methyl sites for hydroxylation is 4. The molecular weight excluding hydrogens is 346 g/mol. The topological polar surface area (TPSA) is 43.8 Å². The minimum Gasteiger partial charge on any atom is -0.323 e.